The first-order valence-electron chi connectivity index (χ1n) is 10.4. The standard InChI is InChI=1S/C25H25NO5/c1-4-13-26-22(16-9-11-18(12-10-16)30-15(2)3)21(24(28)25(26)29)23(27)20-14-17-7-5-6-8-19(17)31-20/h5-12,14-15,22,28H,4,13H2,1-3H3. The third-order valence-electron chi connectivity index (χ3n) is 5.23. The Labute approximate surface area is 180 Å². The summed E-state index contributed by atoms with van der Waals surface area (Å²) in [5.74, 6) is -0.768. The summed E-state index contributed by atoms with van der Waals surface area (Å²) in [6, 6.07) is 15.5. The highest BCUT2D eigenvalue weighted by atomic mass is 16.5. The van der Waals surface area contributed by atoms with Crippen molar-refractivity contribution in [1.29, 1.82) is 0 Å². The molecule has 0 radical (unpaired) electrons. The summed E-state index contributed by atoms with van der Waals surface area (Å²) in [6.45, 7) is 6.24. The first-order chi connectivity index (χ1) is 14.9. The van der Waals surface area contributed by atoms with Crippen LogP contribution in [0.25, 0.3) is 11.0 Å². The van der Waals surface area contributed by atoms with Crippen molar-refractivity contribution in [3.05, 3.63) is 77.3 Å². The normalized spacial score (nSPS) is 16.6. The minimum absolute atomic E-state index is 0.0321. The highest BCUT2D eigenvalue weighted by Crippen LogP contribution is 2.40. The van der Waals surface area contributed by atoms with Crippen LogP contribution in [0.3, 0.4) is 0 Å². The molecule has 4 rings (SSSR count). The van der Waals surface area contributed by atoms with Crippen LogP contribution in [-0.2, 0) is 4.79 Å². The van der Waals surface area contributed by atoms with Gasteiger partial charge in [-0.3, -0.25) is 9.59 Å². The lowest BCUT2D eigenvalue weighted by atomic mass is 9.95. The van der Waals surface area contributed by atoms with Crippen LogP contribution in [0.15, 0.2) is 70.3 Å². The molecule has 0 spiro atoms. The second-order valence-electron chi connectivity index (χ2n) is 7.88. The molecule has 0 saturated carbocycles. The molecule has 1 aromatic heterocycles. The van der Waals surface area contributed by atoms with Crippen LogP contribution >= 0.6 is 0 Å². The number of fused-ring (bicyclic) bond motifs is 1. The molecule has 1 aliphatic rings. The van der Waals surface area contributed by atoms with E-state index in [2.05, 4.69) is 0 Å². The van der Waals surface area contributed by atoms with Crippen LogP contribution in [0.4, 0.5) is 0 Å². The zero-order chi connectivity index (χ0) is 22.1. The second kappa shape index (κ2) is 8.30. The number of carbonyl (C=O) groups excluding carboxylic acids is 2. The van der Waals surface area contributed by atoms with Crippen LogP contribution in [0.5, 0.6) is 5.75 Å². The smallest absolute Gasteiger partial charge is 0.290 e. The van der Waals surface area contributed by atoms with Crippen molar-refractivity contribution < 1.29 is 23.8 Å². The van der Waals surface area contributed by atoms with Crippen molar-refractivity contribution in [2.45, 2.75) is 39.3 Å². The number of furan rings is 1. The first kappa shape index (κ1) is 20.7. The molecule has 1 amide bonds. The summed E-state index contributed by atoms with van der Waals surface area (Å²) in [7, 11) is 0. The van der Waals surface area contributed by atoms with Crippen LogP contribution in [0.1, 0.15) is 49.4 Å². The van der Waals surface area contributed by atoms with Gasteiger partial charge >= 0.3 is 0 Å². The number of hydrogen-bond acceptors (Lipinski definition) is 5. The molecule has 1 atom stereocenters. The zero-order valence-corrected chi connectivity index (χ0v) is 17.8. The molecule has 0 bridgehead atoms. The molecule has 0 saturated heterocycles. The van der Waals surface area contributed by atoms with Gasteiger partial charge in [0.15, 0.2) is 11.5 Å². The maximum absolute atomic E-state index is 13.4. The quantitative estimate of drug-likeness (QED) is 0.532. The van der Waals surface area contributed by atoms with Gasteiger partial charge < -0.3 is 19.2 Å². The second-order valence-corrected chi connectivity index (χ2v) is 7.88. The number of benzene rings is 2. The molecule has 2 heterocycles. The zero-order valence-electron chi connectivity index (χ0n) is 17.8. The molecule has 1 aliphatic heterocycles. The summed E-state index contributed by atoms with van der Waals surface area (Å²) in [5, 5.41) is 11.5. The molecule has 1 N–H and O–H groups in total. The topological polar surface area (TPSA) is 80.0 Å². The number of nitrogens with zero attached hydrogens (tertiary/aromatic N) is 1. The molecular weight excluding hydrogens is 394 g/mol. The number of aliphatic hydroxyl groups excluding tert-OH is 1. The molecule has 1 unspecified atom stereocenters. The van der Waals surface area contributed by atoms with E-state index in [4.69, 9.17) is 9.15 Å². The van der Waals surface area contributed by atoms with Gasteiger partial charge in [-0.05, 0) is 50.1 Å². The lowest BCUT2D eigenvalue weighted by molar-refractivity contribution is -0.129. The largest absolute Gasteiger partial charge is 0.503 e. The molecule has 2 aromatic carbocycles. The number of rotatable bonds is 7. The minimum atomic E-state index is -0.693. The van der Waals surface area contributed by atoms with Crippen molar-refractivity contribution in [2.24, 2.45) is 0 Å². The first-order valence-corrected chi connectivity index (χ1v) is 10.4. The van der Waals surface area contributed by atoms with Crippen LogP contribution in [0, 0.1) is 0 Å². The van der Waals surface area contributed by atoms with Gasteiger partial charge in [-0.15, -0.1) is 0 Å². The van der Waals surface area contributed by atoms with Crippen LogP contribution < -0.4 is 4.74 Å². The fourth-order valence-corrected chi connectivity index (χ4v) is 3.93. The van der Waals surface area contributed by atoms with E-state index in [1.807, 2.05) is 63.2 Å². The van der Waals surface area contributed by atoms with E-state index < -0.39 is 23.5 Å². The third kappa shape index (κ3) is 3.81. The van der Waals surface area contributed by atoms with Crippen molar-refractivity contribution >= 4 is 22.7 Å². The van der Waals surface area contributed by atoms with Crippen molar-refractivity contribution in [2.75, 3.05) is 6.54 Å². The van der Waals surface area contributed by atoms with Gasteiger partial charge in [0, 0.05) is 11.9 Å². The Bertz CT molecular complexity index is 1120. The number of ketones is 1. The molecule has 3 aromatic rings. The average molecular weight is 419 g/mol. The number of carbonyl (C=O) groups is 2. The van der Waals surface area contributed by atoms with E-state index in [1.54, 1.807) is 12.1 Å². The molecule has 6 heteroatoms. The molecule has 31 heavy (non-hydrogen) atoms. The Hall–Kier alpha value is -3.54. The number of para-hydroxylation sites is 1. The number of amides is 1. The fourth-order valence-electron chi connectivity index (χ4n) is 3.93. The van der Waals surface area contributed by atoms with Crippen molar-refractivity contribution in [3.63, 3.8) is 0 Å². The predicted octanol–water partition coefficient (Wildman–Crippen LogP) is 5.21. The van der Waals surface area contributed by atoms with Crippen LogP contribution in [-0.4, -0.2) is 34.3 Å². The lowest BCUT2D eigenvalue weighted by Crippen LogP contribution is -2.31. The van der Waals surface area contributed by atoms with Gasteiger partial charge in [-0.25, -0.2) is 0 Å². The molecule has 6 nitrogen and oxygen atoms in total. The Kier molecular flexibility index (Phi) is 5.55. The number of aliphatic hydroxyl groups is 1. The minimum Gasteiger partial charge on any atom is -0.503 e. The summed E-state index contributed by atoms with van der Waals surface area (Å²) < 4.78 is 11.4. The summed E-state index contributed by atoms with van der Waals surface area (Å²) in [4.78, 5) is 27.8. The van der Waals surface area contributed by atoms with Gasteiger partial charge in [0.05, 0.1) is 17.7 Å². The molecule has 0 fully saturated rings. The van der Waals surface area contributed by atoms with Crippen LogP contribution in [0.2, 0.25) is 0 Å². The van der Waals surface area contributed by atoms with E-state index in [1.165, 1.54) is 4.90 Å². The Morgan fingerprint density at radius 2 is 1.87 bits per heavy atom. The molecular formula is C25H25NO5. The maximum atomic E-state index is 13.4. The van der Waals surface area contributed by atoms with E-state index in [-0.39, 0.29) is 17.4 Å². The fraction of sp³-hybridized carbons (Fsp3) is 0.280. The summed E-state index contributed by atoms with van der Waals surface area (Å²) in [5.41, 5.74) is 1.34. The number of Topliss-reactive ketones (excluding diaryl/α,β-unsaturated/α-hetero) is 1. The third-order valence-corrected chi connectivity index (χ3v) is 5.23. The summed E-state index contributed by atoms with van der Waals surface area (Å²) >= 11 is 0. The van der Waals surface area contributed by atoms with Gasteiger partial charge in [0.25, 0.3) is 5.91 Å². The predicted molar refractivity (Wildman–Crippen MR) is 117 cm³/mol. The highest BCUT2D eigenvalue weighted by molar-refractivity contribution is 6.16. The molecule has 160 valence electrons. The Balaban J connectivity index is 1.75. The highest BCUT2D eigenvalue weighted by Gasteiger charge is 2.44. The lowest BCUT2D eigenvalue weighted by Gasteiger charge is -2.26. The number of ether oxygens (including phenoxy) is 1. The van der Waals surface area contributed by atoms with Gasteiger partial charge in [0.2, 0.25) is 5.78 Å². The SMILES string of the molecule is CCCN1C(=O)C(O)=C(C(=O)c2cc3ccccc3o2)C1c1ccc(OC(C)C)cc1. The van der Waals surface area contributed by atoms with E-state index in [0.29, 0.717) is 24.3 Å². The van der Waals surface area contributed by atoms with E-state index in [9.17, 15) is 14.7 Å². The molecule has 0 aliphatic carbocycles. The van der Waals surface area contributed by atoms with Crippen molar-refractivity contribution in [1.82, 2.24) is 4.90 Å². The Morgan fingerprint density at radius 1 is 1.16 bits per heavy atom. The number of hydrogen-bond donors (Lipinski definition) is 1. The van der Waals surface area contributed by atoms with E-state index in [0.717, 1.165) is 10.9 Å². The average Bonchev–Trinajstić information content (AvgIpc) is 3.29. The van der Waals surface area contributed by atoms with Crippen molar-refractivity contribution in [3.8, 4) is 5.75 Å². The Morgan fingerprint density at radius 3 is 2.52 bits per heavy atom. The maximum Gasteiger partial charge on any atom is 0.290 e. The van der Waals surface area contributed by atoms with E-state index >= 15 is 0 Å². The van der Waals surface area contributed by atoms with Gasteiger partial charge in [-0.2, -0.15) is 0 Å². The summed E-state index contributed by atoms with van der Waals surface area (Å²) in [6.07, 6.45) is 0.723. The van der Waals surface area contributed by atoms with Gasteiger partial charge in [-0.1, -0.05) is 37.3 Å². The van der Waals surface area contributed by atoms with Gasteiger partial charge in [0.1, 0.15) is 11.3 Å². The monoisotopic (exact) mass is 419 g/mol.